The third-order valence-corrected chi connectivity index (χ3v) is 5.06. The van der Waals surface area contributed by atoms with Crippen molar-refractivity contribution in [2.24, 2.45) is 5.92 Å². The first-order valence-electron chi connectivity index (χ1n) is 9.68. The van der Waals surface area contributed by atoms with Crippen molar-refractivity contribution in [2.45, 2.75) is 38.5 Å². The maximum Gasteiger partial charge on any atom is 0.228 e. The number of nitrogens with two attached hydrogens (primary N) is 1. The number of carbonyl (C=O) groups excluding carboxylic acids is 2. The molecule has 2 aromatic carbocycles. The standard InChI is InChI=1S/C22H27N3O3.ClH/c1-28-20-12-11-18(24-21(26)13-15-7-9-17(23)10-8-15)14-19(20)25-22(27)16-5-3-2-4-6-16;/h7-12,14,16H,2-6,13,23H2,1H3,(H,24,26)(H,25,27);1H. The minimum atomic E-state index is -0.139. The van der Waals surface area contributed by atoms with Crippen molar-refractivity contribution in [3.8, 4) is 5.75 Å². The van der Waals surface area contributed by atoms with Gasteiger partial charge in [-0.15, -0.1) is 12.4 Å². The van der Waals surface area contributed by atoms with Gasteiger partial charge in [0.15, 0.2) is 0 Å². The van der Waals surface area contributed by atoms with Gasteiger partial charge in [0.25, 0.3) is 0 Å². The van der Waals surface area contributed by atoms with Gasteiger partial charge in [0.05, 0.1) is 19.2 Å². The zero-order valence-corrected chi connectivity index (χ0v) is 17.4. The summed E-state index contributed by atoms with van der Waals surface area (Å²) in [7, 11) is 1.56. The van der Waals surface area contributed by atoms with Crippen molar-refractivity contribution in [2.75, 3.05) is 23.5 Å². The Morgan fingerprint density at radius 1 is 1.03 bits per heavy atom. The number of carbonyl (C=O) groups is 2. The van der Waals surface area contributed by atoms with E-state index in [2.05, 4.69) is 10.6 Å². The molecule has 1 saturated carbocycles. The average molecular weight is 418 g/mol. The quantitative estimate of drug-likeness (QED) is 0.607. The van der Waals surface area contributed by atoms with E-state index in [1.54, 1.807) is 37.4 Å². The van der Waals surface area contributed by atoms with Gasteiger partial charge in [0, 0.05) is 17.3 Å². The predicted octanol–water partition coefficient (Wildman–Crippen LogP) is 4.40. The summed E-state index contributed by atoms with van der Waals surface area (Å²) in [4.78, 5) is 24.9. The molecule has 0 atom stereocenters. The van der Waals surface area contributed by atoms with Crippen molar-refractivity contribution < 1.29 is 14.3 Å². The van der Waals surface area contributed by atoms with Gasteiger partial charge in [0.2, 0.25) is 11.8 Å². The van der Waals surface area contributed by atoms with Gasteiger partial charge < -0.3 is 21.1 Å². The number of hydrogen-bond donors (Lipinski definition) is 3. The Labute approximate surface area is 177 Å². The smallest absolute Gasteiger partial charge is 0.228 e. The summed E-state index contributed by atoms with van der Waals surface area (Å²) in [6.45, 7) is 0. The lowest BCUT2D eigenvalue weighted by Crippen LogP contribution is -2.25. The number of benzene rings is 2. The van der Waals surface area contributed by atoms with E-state index in [0.29, 0.717) is 22.8 Å². The second kappa shape index (κ2) is 10.7. The van der Waals surface area contributed by atoms with Crippen LogP contribution in [-0.2, 0) is 16.0 Å². The fourth-order valence-corrected chi connectivity index (χ4v) is 3.51. The van der Waals surface area contributed by atoms with Gasteiger partial charge in [-0.25, -0.2) is 0 Å². The molecule has 4 N–H and O–H groups in total. The molecule has 0 saturated heterocycles. The Hall–Kier alpha value is -2.73. The first-order valence-corrected chi connectivity index (χ1v) is 9.68. The molecule has 0 aliphatic heterocycles. The number of anilines is 3. The highest BCUT2D eigenvalue weighted by molar-refractivity contribution is 5.97. The lowest BCUT2D eigenvalue weighted by molar-refractivity contribution is -0.120. The van der Waals surface area contributed by atoms with Gasteiger partial charge >= 0.3 is 0 Å². The number of nitrogen functional groups attached to an aromatic ring is 1. The van der Waals surface area contributed by atoms with Gasteiger partial charge in [-0.05, 0) is 48.7 Å². The number of nitrogens with one attached hydrogen (secondary N) is 2. The summed E-state index contributed by atoms with van der Waals surface area (Å²) in [5, 5.41) is 5.84. The molecule has 3 rings (SSSR count). The Morgan fingerprint density at radius 3 is 2.38 bits per heavy atom. The lowest BCUT2D eigenvalue weighted by atomic mass is 9.88. The SMILES string of the molecule is COc1ccc(NC(=O)Cc2ccc(N)cc2)cc1NC(=O)C1CCCCC1.Cl. The molecule has 0 radical (unpaired) electrons. The molecule has 0 spiro atoms. The van der Waals surface area contributed by atoms with Gasteiger partial charge in [-0.1, -0.05) is 31.4 Å². The summed E-state index contributed by atoms with van der Waals surface area (Å²) in [5.74, 6) is 0.491. The number of ether oxygens (including phenoxy) is 1. The van der Waals surface area contributed by atoms with Crippen LogP contribution in [0.5, 0.6) is 5.75 Å². The molecule has 0 aromatic heterocycles. The van der Waals surface area contributed by atoms with Crippen LogP contribution in [0.15, 0.2) is 42.5 Å². The molecule has 0 heterocycles. The molecular weight excluding hydrogens is 390 g/mol. The van der Waals surface area contributed by atoms with Crippen molar-refractivity contribution in [1.82, 2.24) is 0 Å². The minimum absolute atomic E-state index is 0. The summed E-state index contributed by atoms with van der Waals surface area (Å²) in [5.41, 5.74) is 8.40. The van der Waals surface area contributed by atoms with Crippen LogP contribution in [-0.4, -0.2) is 18.9 Å². The Morgan fingerprint density at radius 2 is 1.72 bits per heavy atom. The van der Waals surface area contributed by atoms with Gasteiger partial charge in [-0.2, -0.15) is 0 Å². The predicted molar refractivity (Wildman–Crippen MR) is 119 cm³/mol. The number of methoxy groups -OCH3 is 1. The molecule has 1 aliphatic carbocycles. The molecule has 2 aromatic rings. The zero-order valence-electron chi connectivity index (χ0n) is 16.6. The maximum absolute atomic E-state index is 12.6. The van der Waals surface area contributed by atoms with E-state index in [0.717, 1.165) is 31.2 Å². The van der Waals surface area contributed by atoms with Crippen molar-refractivity contribution in [1.29, 1.82) is 0 Å². The lowest BCUT2D eigenvalue weighted by Gasteiger charge is -2.21. The molecule has 7 heteroatoms. The van der Waals surface area contributed by atoms with E-state index in [-0.39, 0.29) is 36.6 Å². The third-order valence-electron chi connectivity index (χ3n) is 5.06. The fourth-order valence-electron chi connectivity index (χ4n) is 3.51. The van der Waals surface area contributed by atoms with Crippen LogP contribution in [0, 0.1) is 5.92 Å². The number of hydrogen-bond acceptors (Lipinski definition) is 4. The topological polar surface area (TPSA) is 93.4 Å². The zero-order chi connectivity index (χ0) is 19.9. The molecule has 156 valence electrons. The van der Waals surface area contributed by atoms with Crippen LogP contribution in [0.1, 0.15) is 37.7 Å². The van der Waals surface area contributed by atoms with Crippen LogP contribution in [0.2, 0.25) is 0 Å². The summed E-state index contributed by atoms with van der Waals surface area (Å²) < 4.78 is 5.36. The van der Waals surface area contributed by atoms with Crippen molar-refractivity contribution in [3.05, 3.63) is 48.0 Å². The Balaban J connectivity index is 0.00000300. The van der Waals surface area contributed by atoms with E-state index in [9.17, 15) is 9.59 Å². The van der Waals surface area contributed by atoms with Crippen LogP contribution in [0.3, 0.4) is 0 Å². The van der Waals surface area contributed by atoms with Crippen LogP contribution >= 0.6 is 12.4 Å². The van der Waals surface area contributed by atoms with E-state index in [1.807, 2.05) is 12.1 Å². The third kappa shape index (κ3) is 6.39. The minimum Gasteiger partial charge on any atom is -0.495 e. The highest BCUT2D eigenvalue weighted by Gasteiger charge is 2.22. The van der Waals surface area contributed by atoms with Crippen molar-refractivity contribution in [3.63, 3.8) is 0 Å². The fraction of sp³-hybridized carbons (Fsp3) is 0.364. The molecule has 29 heavy (non-hydrogen) atoms. The monoisotopic (exact) mass is 417 g/mol. The maximum atomic E-state index is 12.6. The Bertz CT molecular complexity index is 834. The van der Waals surface area contributed by atoms with Crippen LogP contribution in [0.4, 0.5) is 17.1 Å². The molecule has 6 nitrogen and oxygen atoms in total. The molecule has 0 bridgehead atoms. The molecule has 1 fully saturated rings. The summed E-state index contributed by atoms with van der Waals surface area (Å²) in [6, 6.07) is 12.5. The normalized spacial score (nSPS) is 13.8. The Kier molecular flexibility index (Phi) is 8.34. The average Bonchev–Trinajstić information content (AvgIpc) is 2.70. The largest absolute Gasteiger partial charge is 0.495 e. The first-order chi connectivity index (χ1) is 13.5. The van der Waals surface area contributed by atoms with E-state index in [1.165, 1.54) is 6.42 Å². The van der Waals surface area contributed by atoms with Crippen molar-refractivity contribution >= 4 is 41.3 Å². The highest BCUT2D eigenvalue weighted by Crippen LogP contribution is 2.30. The summed E-state index contributed by atoms with van der Waals surface area (Å²) >= 11 is 0. The molecule has 0 unspecified atom stereocenters. The first kappa shape index (κ1) is 22.6. The molecular formula is C22H28ClN3O3. The highest BCUT2D eigenvalue weighted by atomic mass is 35.5. The second-order valence-corrected chi connectivity index (χ2v) is 7.21. The number of amides is 2. The van der Waals surface area contributed by atoms with E-state index >= 15 is 0 Å². The number of halogens is 1. The van der Waals surface area contributed by atoms with E-state index in [4.69, 9.17) is 10.5 Å². The number of rotatable bonds is 6. The second-order valence-electron chi connectivity index (χ2n) is 7.21. The van der Waals surface area contributed by atoms with E-state index < -0.39 is 0 Å². The van der Waals surface area contributed by atoms with Crippen LogP contribution < -0.4 is 21.1 Å². The van der Waals surface area contributed by atoms with Gasteiger partial charge in [0.1, 0.15) is 5.75 Å². The molecule has 2 amide bonds. The van der Waals surface area contributed by atoms with Crippen LogP contribution in [0.25, 0.3) is 0 Å². The molecule has 1 aliphatic rings. The summed E-state index contributed by atoms with van der Waals surface area (Å²) in [6.07, 6.45) is 5.48. The van der Waals surface area contributed by atoms with Gasteiger partial charge in [-0.3, -0.25) is 9.59 Å².